The molecule has 0 aromatic heterocycles. The number of ether oxygens (including phenoxy) is 3. The monoisotopic (exact) mass is 360 g/mol. The summed E-state index contributed by atoms with van der Waals surface area (Å²) >= 11 is 0. The van der Waals surface area contributed by atoms with E-state index in [0.717, 1.165) is 0 Å². The molecule has 0 bridgehead atoms. The standard InChI is InChI=1S/C18H20N2O6/c1-3-24-18(21)19(2)11-12-25-15-7-9-16(10-8-15)26-17-6-4-5-14(13-17)20(22)23/h4-10,13H,3,11-12H2,1-2H3. The molecule has 0 atom stereocenters. The highest BCUT2D eigenvalue weighted by atomic mass is 16.6. The van der Waals surface area contributed by atoms with E-state index in [1.54, 1.807) is 50.4 Å². The Balaban J connectivity index is 1.85. The van der Waals surface area contributed by atoms with Crippen molar-refractivity contribution in [3.8, 4) is 17.2 Å². The van der Waals surface area contributed by atoms with Crippen molar-refractivity contribution in [1.82, 2.24) is 4.90 Å². The molecule has 0 aliphatic heterocycles. The highest BCUT2D eigenvalue weighted by Gasteiger charge is 2.09. The number of likely N-dealkylation sites (N-methyl/N-ethyl adjacent to an activating group) is 1. The van der Waals surface area contributed by atoms with Gasteiger partial charge in [0.25, 0.3) is 5.69 Å². The molecule has 2 aromatic carbocycles. The zero-order valence-electron chi connectivity index (χ0n) is 14.6. The molecular formula is C18H20N2O6. The first-order valence-corrected chi connectivity index (χ1v) is 8.02. The minimum atomic E-state index is -0.475. The van der Waals surface area contributed by atoms with E-state index in [1.165, 1.54) is 17.0 Å². The Morgan fingerprint density at radius 3 is 2.46 bits per heavy atom. The van der Waals surface area contributed by atoms with Gasteiger partial charge in [0, 0.05) is 13.1 Å². The van der Waals surface area contributed by atoms with Crippen LogP contribution in [0.5, 0.6) is 17.2 Å². The number of nitrogens with zero attached hydrogens (tertiary/aromatic N) is 2. The second-order valence-electron chi connectivity index (χ2n) is 5.30. The first kappa shape index (κ1) is 19.0. The Hall–Kier alpha value is -3.29. The summed E-state index contributed by atoms with van der Waals surface area (Å²) in [5.41, 5.74) is -0.0341. The molecule has 8 nitrogen and oxygen atoms in total. The number of nitro groups is 1. The molecule has 26 heavy (non-hydrogen) atoms. The Kier molecular flexibility index (Phi) is 6.78. The summed E-state index contributed by atoms with van der Waals surface area (Å²) in [6, 6.07) is 12.8. The third kappa shape index (κ3) is 5.66. The average molecular weight is 360 g/mol. The van der Waals surface area contributed by atoms with E-state index in [4.69, 9.17) is 14.2 Å². The van der Waals surface area contributed by atoms with Gasteiger partial charge in [0.2, 0.25) is 0 Å². The smallest absolute Gasteiger partial charge is 0.409 e. The van der Waals surface area contributed by atoms with E-state index in [-0.39, 0.29) is 5.69 Å². The van der Waals surface area contributed by atoms with Crippen molar-refractivity contribution in [3.63, 3.8) is 0 Å². The van der Waals surface area contributed by atoms with E-state index in [1.807, 2.05) is 0 Å². The Bertz CT molecular complexity index is 748. The fourth-order valence-corrected chi connectivity index (χ4v) is 2.03. The lowest BCUT2D eigenvalue weighted by Crippen LogP contribution is -2.31. The first-order chi connectivity index (χ1) is 12.5. The highest BCUT2D eigenvalue weighted by Crippen LogP contribution is 2.26. The van der Waals surface area contributed by atoms with Crippen LogP contribution in [0.3, 0.4) is 0 Å². The fourth-order valence-electron chi connectivity index (χ4n) is 2.03. The lowest BCUT2D eigenvalue weighted by atomic mass is 10.3. The van der Waals surface area contributed by atoms with Crippen LogP contribution >= 0.6 is 0 Å². The van der Waals surface area contributed by atoms with Crippen molar-refractivity contribution in [2.75, 3.05) is 26.8 Å². The number of hydrogen-bond acceptors (Lipinski definition) is 6. The van der Waals surface area contributed by atoms with Crippen LogP contribution in [0.25, 0.3) is 0 Å². The van der Waals surface area contributed by atoms with Crippen LogP contribution in [0.15, 0.2) is 48.5 Å². The van der Waals surface area contributed by atoms with E-state index in [2.05, 4.69) is 0 Å². The Morgan fingerprint density at radius 1 is 1.12 bits per heavy atom. The number of amides is 1. The van der Waals surface area contributed by atoms with Crippen LogP contribution < -0.4 is 9.47 Å². The number of carbonyl (C=O) groups excluding carboxylic acids is 1. The molecule has 0 aliphatic carbocycles. The van der Waals surface area contributed by atoms with Gasteiger partial charge in [-0.25, -0.2) is 4.79 Å². The Morgan fingerprint density at radius 2 is 1.81 bits per heavy atom. The van der Waals surface area contributed by atoms with Crippen LogP contribution in [0.2, 0.25) is 0 Å². The van der Waals surface area contributed by atoms with Gasteiger partial charge >= 0.3 is 6.09 Å². The number of carbonyl (C=O) groups is 1. The molecule has 0 saturated heterocycles. The summed E-state index contributed by atoms with van der Waals surface area (Å²) in [5.74, 6) is 1.53. The normalized spacial score (nSPS) is 10.1. The van der Waals surface area contributed by atoms with Gasteiger partial charge in [-0.3, -0.25) is 10.1 Å². The third-order valence-electron chi connectivity index (χ3n) is 3.36. The van der Waals surface area contributed by atoms with Crippen LogP contribution in [-0.4, -0.2) is 42.7 Å². The summed E-state index contributed by atoms with van der Waals surface area (Å²) in [7, 11) is 1.64. The molecule has 0 radical (unpaired) electrons. The first-order valence-electron chi connectivity index (χ1n) is 8.02. The van der Waals surface area contributed by atoms with Crippen LogP contribution in [0, 0.1) is 10.1 Å². The van der Waals surface area contributed by atoms with Gasteiger partial charge in [0.1, 0.15) is 23.9 Å². The number of nitro benzene ring substituents is 1. The molecule has 0 heterocycles. The minimum Gasteiger partial charge on any atom is -0.492 e. The lowest BCUT2D eigenvalue weighted by molar-refractivity contribution is -0.384. The molecule has 0 spiro atoms. The van der Waals surface area contributed by atoms with Crippen LogP contribution in [0.4, 0.5) is 10.5 Å². The quantitative estimate of drug-likeness (QED) is 0.524. The molecule has 0 saturated carbocycles. The molecule has 0 unspecified atom stereocenters. The average Bonchev–Trinajstić information content (AvgIpc) is 2.63. The third-order valence-corrected chi connectivity index (χ3v) is 3.36. The van der Waals surface area contributed by atoms with E-state index < -0.39 is 11.0 Å². The van der Waals surface area contributed by atoms with E-state index in [0.29, 0.717) is 37.0 Å². The van der Waals surface area contributed by atoms with Crippen molar-refractivity contribution in [3.05, 3.63) is 58.6 Å². The second-order valence-corrected chi connectivity index (χ2v) is 5.30. The van der Waals surface area contributed by atoms with Crippen molar-refractivity contribution in [2.45, 2.75) is 6.92 Å². The predicted molar refractivity (Wildman–Crippen MR) is 94.8 cm³/mol. The van der Waals surface area contributed by atoms with Crippen molar-refractivity contribution in [1.29, 1.82) is 0 Å². The molecule has 0 fully saturated rings. The minimum absolute atomic E-state index is 0.0341. The SMILES string of the molecule is CCOC(=O)N(C)CCOc1ccc(Oc2cccc([N+](=O)[O-])c2)cc1. The summed E-state index contributed by atoms with van der Waals surface area (Å²) in [4.78, 5) is 23.2. The Labute approximate surface area is 151 Å². The predicted octanol–water partition coefficient (Wildman–Crippen LogP) is 3.85. The number of rotatable bonds is 8. The van der Waals surface area contributed by atoms with Gasteiger partial charge in [-0.15, -0.1) is 0 Å². The van der Waals surface area contributed by atoms with Crippen molar-refractivity contribution < 1.29 is 23.9 Å². The zero-order valence-corrected chi connectivity index (χ0v) is 14.6. The van der Waals surface area contributed by atoms with Gasteiger partial charge in [-0.2, -0.15) is 0 Å². The van der Waals surface area contributed by atoms with Crippen LogP contribution in [-0.2, 0) is 4.74 Å². The van der Waals surface area contributed by atoms with Gasteiger partial charge in [0.15, 0.2) is 0 Å². The van der Waals surface area contributed by atoms with E-state index >= 15 is 0 Å². The number of non-ortho nitro benzene ring substituents is 1. The maximum atomic E-state index is 11.5. The van der Waals surface area contributed by atoms with Gasteiger partial charge < -0.3 is 19.1 Å². The topological polar surface area (TPSA) is 91.1 Å². The fraction of sp³-hybridized carbons (Fsp3) is 0.278. The van der Waals surface area contributed by atoms with Gasteiger partial charge in [-0.05, 0) is 37.3 Å². The van der Waals surface area contributed by atoms with Gasteiger partial charge in [0.05, 0.1) is 24.1 Å². The molecule has 8 heteroatoms. The van der Waals surface area contributed by atoms with E-state index in [9.17, 15) is 14.9 Å². The second kappa shape index (κ2) is 9.26. The molecular weight excluding hydrogens is 340 g/mol. The molecule has 138 valence electrons. The summed E-state index contributed by atoms with van der Waals surface area (Å²) in [6.45, 7) is 2.79. The summed E-state index contributed by atoms with van der Waals surface area (Å²) in [5, 5.41) is 10.8. The maximum Gasteiger partial charge on any atom is 0.409 e. The molecule has 0 aliphatic rings. The van der Waals surface area contributed by atoms with Crippen molar-refractivity contribution >= 4 is 11.8 Å². The molecule has 1 amide bonds. The molecule has 2 aromatic rings. The molecule has 0 N–H and O–H groups in total. The van der Waals surface area contributed by atoms with Gasteiger partial charge in [-0.1, -0.05) is 6.07 Å². The van der Waals surface area contributed by atoms with Crippen LogP contribution in [0.1, 0.15) is 6.92 Å². The summed E-state index contributed by atoms with van der Waals surface area (Å²) < 4.78 is 16.0. The molecule has 2 rings (SSSR count). The largest absolute Gasteiger partial charge is 0.492 e. The highest BCUT2D eigenvalue weighted by molar-refractivity contribution is 5.67. The maximum absolute atomic E-state index is 11.5. The summed E-state index contributed by atoms with van der Waals surface area (Å²) in [6.07, 6.45) is -0.392. The lowest BCUT2D eigenvalue weighted by Gasteiger charge is -2.16. The number of hydrogen-bond donors (Lipinski definition) is 0. The van der Waals surface area contributed by atoms with Crippen molar-refractivity contribution in [2.24, 2.45) is 0 Å². The number of benzene rings is 2. The zero-order chi connectivity index (χ0) is 18.9.